The van der Waals surface area contributed by atoms with Gasteiger partial charge in [-0.05, 0) is 29.8 Å². The number of halogens is 1. The molecule has 5 heteroatoms. The number of rotatable bonds is 5. The third kappa shape index (κ3) is 4.37. The van der Waals surface area contributed by atoms with Gasteiger partial charge in [-0.25, -0.2) is 4.39 Å². The van der Waals surface area contributed by atoms with Crippen LogP contribution in [0.25, 0.3) is 0 Å². The van der Waals surface area contributed by atoms with Crippen molar-refractivity contribution in [2.24, 2.45) is 0 Å². The molecular weight excluding hydrogens is 297 g/mol. The van der Waals surface area contributed by atoms with Crippen molar-refractivity contribution >= 4 is 17.4 Å². The summed E-state index contributed by atoms with van der Waals surface area (Å²) < 4.78 is 12.9. The lowest BCUT2D eigenvalue weighted by atomic mass is 10.2. The van der Waals surface area contributed by atoms with Gasteiger partial charge in [-0.15, -0.1) is 11.8 Å². The fourth-order valence-corrected chi connectivity index (χ4v) is 2.66. The van der Waals surface area contributed by atoms with Crippen LogP contribution in [0.15, 0.2) is 65.2 Å². The van der Waals surface area contributed by atoms with Crippen molar-refractivity contribution in [2.45, 2.75) is 10.6 Å². The fourth-order valence-electron chi connectivity index (χ4n) is 1.69. The number of nitrogens with one attached hydrogen (secondary N) is 1. The van der Waals surface area contributed by atoms with Crippen LogP contribution in [0.3, 0.4) is 0 Å². The molecule has 22 heavy (non-hydrogen) atoms. The minimum Gasteiger partial charge on any atom is -0.359 e. The Labute approximate surface area is 132 Å². The molecule has 0 aromatic heterocycles. The Kier molecular flexibility index (Phi) is 5.59. The van der Waals surface area contributed by atoms with Crippen LogP contribution in [0.2, 0.25) is 0 Å². The van der Waals surface area contributed by atoms with Crippen molar-refractivity contribution in [1.82, 2.24) is 0 Å². The largest absolute Gasteiger partial charge is 0.359 e. The first-order valence-corrected chi connectivity index (χ1v) is 7.44. The summed E-state index contributed by atoms with van der Waals surface area (Å²) in [7, 11) is 0. The van der Waals surface area contributed by atoms with Gasteiger partial charge in [-0.1, -0.05) is 24.3 Å². The SMILES string of the molecule is N#CC(C#N)=CNc1ccccc1SCc1ccc(F)cc1. The predicted molar refractivity (Wildman–Crippen MR) is 85.3 cm³/mol. The standard InChI is InChI=1S/C17H12FN3S/c18-15-7-5-13(6-8-15)12-22-17-4-2-1-3-16(17)21-11-14(9-19)10-20/h1-8,11,21H,12H2. The summed E-state index contributed by atoms with van der Waals surface area (Å²) in [6, 6.07) is 17.6. The van der Waals surface area contributed by atoms with Crippen LogP contribution in [0, 0.1) is 28.5 Å². The Morgan fingerprint density at radius 3 is 2.45 bits per heavy atom. The Hall–Kier alpha value is -2.76. The van der Waals surface area contributed by atoms with E-state index in [0.29, 0.717) is 5.75 Å². The van der Waals surface area contributed by atoms with Gasteiger partial charge in [0, 0.05) is 16.8 Å². The second-order valence-electron chi connectivity index (χ2n) is 4.34. The van der Waals surface area contributed by atoms with Crippen molar-refractivity contribution in [1.29, 1.82) is 10.5 Å². The Morgan fingerprint density at radius 2 is 1.77 bits per heavy atom. The van der Waals surface area contributed by atoms with E-state index in [2.05, 4.69) is 5.32 Å². The molecular formula is C17H12FN3S. The number of benzene rings is 2. The van der Waals surface area contributed by atoms with Crippen molar-refractivity contribution in [2.75, 3.05) is 5.32 Å². The Balaban J connectivity index is 2.08. The number of hydrogen-bond donors (Lipinski definition) is 1. The lowest BCUT2D eigenvalue weighted by Crippen LogP contribution is -1.92. The number of anilines is 1. The van der Waals surface area contributed by atoms with E-state index in [1.165, 1.54) is 18.3 Å². The molecule has 0 fully saturated rings. The smallest absolute Gasteiger partial charge is 0.145 e. The van der Waals surface area contributed by atoms with Gasteiger partial charge in [0.25, 0.3) is 0 Å². The molecule has 108 valence electrons. The number of thioether (sulfide) groups is 1. The first-order chi connectivity index (χ1) is 10.7. The number of para-hydroxylation sites is 1. The second kappa shape index (κ2) is 7.87. The van der Waals surface area contributed by atoms with Crippen LogP contribution in [0.5, 0.6) is 0 Å². The van der Waals surface area contributed by atoms with E-state index in [1.54, 1.807) is 36.0 Å². The van der Waals surface area contributed by atoms with Gasteiger partial charge in [-0.2, -0.15) is 10.5 Å². The molecule has 2 rings (SSSR count). The zero-order chi connectivity index (χ0) is 15.8. The Bertz CT molecular complexity index is 739. The van der Waals surface area contributed by atoms with Crippen LogP contribution in [0.1, 0.15) is 5.56 Å². The molecule has 2 aromatic carbocycles. The maximum absolute atomic E-state index is 12.9. The summed E-state index contributed by atoms with van der Waals surface area (Å²) in [6.07, 6.45) is 1.39. The average molecular weight is 309 g/mol. The molecule has 0 atom stereocenters. The first-order valence-electron chi connectivity index (χ1n) is 6.46. The van der Waals surface area contributed by atoms with Crippen LogP contribution >= 0.6 is 11.8 Å². The van der Waals surface area contributed by atoms with Crippen molar-refractivity contribution in [3.63, 3.8) is 0 Å². The van der Waals surface area contributed by atoms with E-state index in [-0.39, 0.29) is 11.4 Å². The van der Waals surface area contributed by atoms with Crippen molar-refractivity contribution in [3.05, 3.63) is 71.7 Å². The van der Waals surface area contributed by atoms with Gasteiger partial charge in [0.1, 0.15) is 23.5 Å². The maximum Gasteiger partial charge on any atom is 0.145 e. The zero-order valence-electron chi connectivity index (χ0n) is 11.6. The third-order valence-electron chi connectivity index (χ3n) is 2.81. The topological polar surface area (TPSA) is 59.6 Å². The molecule has 2 aromatic rings. The van der Waals surface area contributed by atoms with E-state index >= 15 is 0 Å². The Morgan fingerprint density at radius 1 is 1.09 bits per heavy atom. The van der Waals surface area contributed by atoms with E-state index in [4.69, 9.17) is 10.5 Å². The average Bonchev–Trinajstić information content (AvgIpc) is 2.56. The highest BCUT2D eigenvalue weighted by molar-refractivity contribution is 7.98. The summed E-state index contributed by atoms with van der Waals surface area (Å²) in [5, 5.41) is 20.4. The molecule has 0 radical (unpaired) electrons. The van der Waals surface area contributed by atoms with Gasteiger partial charge in [0.2, 0.25) is 0 Å². The lowest BCUT2D eigenvalue weighted by Gasteiger charge is -2.09. The highest BCUT2D eigenvalue weighted by Crippen LogP contribution is 2.29. The quantitative estimate of drug-likeness (QED) is 0.654. The summed E-state index contributed by atoms with van der Waals surface area (Å²) >= 11 is 1.59. The maximum atomic E-state index is 12.9. The molecule has 0 aliphatic rings. The normalized spacial score (nSPS) is 9.41. The summed E-state index contributed by atoms with van der Waals surface area (Å²) in [4.78, 5) is 0.985. The summed E-state index contributed by atoms with van der Waals surface area (Å²) in [5.74, 6) is 0.452. The fraction of sp³-hybridized carbons (Fsp3) is 0.0588. The van der Waals surface area contributed by atoms with Crippen molar-refractivity contribution in [3.8, 4) is 12.1 Å². The predicted octanol–water partition coefficient (Wildman–Crippen LogP) is 4.46. The minimum atomic E-state index is -0.249. The van der Waals surface area contributed by atoms with Crippen LogP contribution in [0.4, 0.5) is 10.1 Å². The number of nitriles is 2. The number of hydrogen-bond acceptors (Lipinski definition) is 4. The van der Waals surface area contributed by atoms with Crippen LogP contribution in [-0.2, 0) is 5.75 Å². The zero-order valence-corrected chi connectivity index (χ0v) is 12.4. The minimum absolute atomic E-state index is 0.0123. The molecule has 0 spiro atoms. The van der Waals surface area contributed by atoms with Gasteiger partial charge >= 0.3 is 0 Å². The van der Waals surface area contributed by atoms with Gasteiger partial charge < -0.3 is 5.32 Å². The van der Waals surface area contributed by atoms with Gasteiger partial charge in [0.05, 0.1) is 5.69 Å². The van der Waals surface area contributed by atoms with Gasteiger partial charge in [0.15, 0.2) is 0 Å². The summed E-state index contributed by atoms with van der Waals surface area (Å²) in [6.45, 7) is 0. The third-order valence-corrected chi connectivity index (χ3v) is 3.95. The molecule has 0 amide bonds. The molecule has 1 N–H and O–H groups in total. The van der Waals surface area contributed by atoms with E-state index in [9.17, 15) is 4.39 Å². The van der Waals surface area contributed by atoms with E-state index in [1.807, 2.05) is 24.3 Å². The van der Waals surface area contributed by atoms with Crippen LogP contribution < -0.4 is 5.32 Å². The number of nitrogens with zero attached hydrogens (tertiary/aromatic N) is 2. The van der Waals surface area contributed by atoms with E-state index < -0.39 is 0 Å². The first kappa shape index (κ1) is 15.6. The molecule has 3 nitrogen and oxygen atoms in total. The van der Waals surface area contributed by atoms with E-state index in [0.717, 1.165) is 16.1 Å². The molecule has 0 aliphatic carbocycles. The highest BCUT2D eigenvalue weighted by atomic mass is 32.2. The molecule has 0 heterocycles. The molecule has 0 saturated carbocycles. The molecule has 0 saturated heterocycles. The molecule has 0 unspecified atom stereocenters. The monoisotopic (exact) mass is 309 g/mol. The second-order valence-corrected chi connectivity index (χ2v) is 5.35. The lowest BCUT2D eigenvalue weighted by molar-refractivity contribution is 0.627. The molecule has 0 aliphatic heterocycles. The molecule has 0 bridgehead atoms. The summed E-state index contributed by atoms with van der Waals surface area (Å²) in [5.41, 5.74) is 1.85. The van der Waals surface area contributed by atoms with Crippen molar-refractivity contribution < 1.29 is 4.39 Å². The number of allylic oxidation sites excluding steroid dienone is 1. The van der Waals surface area contributed by atoms with Gasteiger partial charge in [-0.3, -0.25) is 0 Å². The van der Waals surface area contributed by atoms with Crippen LogP contribution in [-0.4, -0.2) is 0 Å². The highest BCUT2D eigenvalue weighted by Gasteiger charge is 2.03.